The highest BCUT2D eigenvalue weighted by atomic mass is 35.5. The summed E-state index contributed by atoms with van der Waals surface area (Å²) in [6, 6.07) is 6.35. The van der Waals surface area contributed by atoms with Gasteiger partial charge in [0.2, 0.25) is 5.91 Å². The molecule has 128 valence electrons. The van der Waals surface area contributed by atoms with Crippen LogP contribution in [0.3, 0.4) is 0 Å². The van der Waals surface area contributed by atoms with Gasteiger partial charge in [-0.1, -0.05) is 23.7 Å². The minimum absolute atomic E-state index is 0.217. The Morgan fingerprint density at radius 1 is 1.36 bits per heavy atom. The standard InChI is InChI=1S/C18H16ClN3O2S/c1-9(15(20)23)22-16(10-5-2-3-7-12(10)19)21-17-14(18(22)24)11-6-4-8-13(11)25-17/h2-3,5,7,9H,4,6,8H2,1H3,(H2,20,23). The molecule has 2 aromatic heterocycles. The Bertz CT molecular complexity index is 1070. The van der Waals surface area contributed by atoms with E-state index in [0.29, 0.717) is 26.6 Å². The third kappa shape index (κ3) is 2.48. The van der Waals surface area contributed by atoms with E-state index in [1.165, 1.54) is 9.44 Å². The molecule has 5 nitrogen and oxygen atoms in total. The van der Waals surface area contributed by atoms with Crippen molar-refractivity contribution in [2.75, 3.05) is 0 Å². The number of carbonyl (C=O) groups is 1. The lowest BCUT2D eigenvalue weighted by molar-refractivity contribution is -0.120. The summed E-state index contributed by atoms with van der Waals surface area (Å²) < 4.78 is 1.39. The maximum absolute atomic E-state index is 13.3. The van der Waals surface area contributed by atoms with Crippen LogP contribution < -0.4 is 11.3 Å². The number of halogens is 1. The number of rotatable bonds is 3. The van der Waals surface area contributed by atoms with Gasteiger partial charge in [-0.25, -0.2) is 4.98 Å². The lowest BCUT2D eigenvalue weighted by Crippen LogP contribution is -2.34. The minimum Gasteiger partial charge on any atom is -0.368 e. The Morgan fingerprint density at radius 3 is 2.84 bits per heavy atom. The number of carbonyl (C=O) groups excluding carboxylic acids is 1. The van der Waals surface area contributed by atoms with Crippen LogP contribution in [0.4, 0.5) is 0 Å². The molecule has 0 aliphatic heterocycles. The third-order valence-electron chi connectivity index (χ3n) is 4.68. The highest BCUT2D eigenvalue weighted by Gasteiger charge is 2.27. The minimum atomic E-state index is -0.812. The molecule has 2 N–H and O–H groups in total. The molecule has 1 unspecified atom stereocenters. The Balaban J connectivity index is 2.11. The maximum Gasteiger partial charge on any atom is 0.263 e. The molecule has 0 bridgehead atoms. The smallest absolute Gasteiger partial charge is 0.263 e. The van der Waals surface area contributed by atoms with Gasteiger partial charge in [0.1, 0.15) is 16.7 Å². The van der Waals surface area contributed by atoms with Gasteiger partial charge in [-0.15, -0.1) is 11.3 Å². The van der Waals surface area contributed by atoms with Crippen molar-refractivity contribution in [2.24, 2.45) is 5.73 Å². The van der Waals surface area contributed by atoms with Crippen molar-refractivity contribution in [2.45, 2.75) is 32.2 Å². The highest BCUT2D eigenvalue weighted by molar-refractivity contribution is 7.18. The van der Waals surface area contributed by atoms with Crippen molar-refractivity contribution < 1.29 is 4.79 Å². The molecule has 0 radical (unpaired) electrons. The predicted molar refractivity (Wildman–Crippen MR) is 100 cm³/mol. The molecule has 1 aromatic carbocycles. The van der Waals surface area contributed by atoms with E-state index in [-0.39, 0.29) is 5.56 Å². The topological polar surface area (TPSA) is 78.0 Å². The Hall–Kier alpha value is -2.18. The van der Waals surface area contributed by atoms with Crippen LogP contribution in [0.2, 0.25) is 5.02 Å². The number of aromatic nitrogens is 2. The van der Waals surface area contributed by atoms with Gasteiger partial charge >= 0.3 is 0 Å². The SMILES string of the molecule is CC(C(N)=O)n1c(-c2ccccc2Cl)nc2sc3c(c2c1=O)CCC3. The average Bonchev–Trinajstić information content (AvgIpc) is 3.15. The number of fused-ring (bicyclic) bond motifs is 3. The second-order valence-corrected chi connectivity index (χ2v) is 7.70. The number of thiophene rings is 1. The van der Waals surface area contributed by atoms with Gasteiger partial charge in [0.05, 0.1) is 10.4 Å². The number of nitrogens with two attached hydrogens (primary N) is 1. The van der Waals surface area contributed by atoms with E-state index in [4.69, 9.17) is 22.3 Å². The number of aryl methyl sites for hydroxylation is 2. The first kappa shape index (κ1) is 16.3. The molecule has 2 heterocycles. The molecule has 0 spiro atoms. The number of hydrogen-bond donors (Lipinski definition) is 1. The van der Waals surface area contributed by atoms with Crippen LogP contribution in [0.25, 0.3) is 21.6 Å². The van der Waals surface area contributed by atoms with Crippen molar-refractivity contribution in [1.29, 1.82) is 0 Å². The molecule has 0 fully saturated rings. The van der Waals surface area contributed by atoms with E-state index in [0.717, 1.165) is 24.8 Å². The zero-order valence-electron chi connectivity index (χ0n) is 13.6. The van der Waals surface area contributed by atoms with Crippen molar-refractivity contribution in [3.05, 3.63) is 50.1 Å². The quantitative estimate of drug-likeness (QED) is 0.765. The van der Waals surface area contributed by atoms with Gasteiger partial charge in [0.15, 0.2) is 0 Å². The van der Waals surface area contributed by atoms with E-state index in [1.807, 2.05) is 12.1 Å². The number of benzene rings is 1. The van der Waals surface area contributed by atoms with Crippen LogP contribution in [0.5, 0.6) is 0 Å². The molecular formula is C18H16ClN3O2S. The third-order valence-corrected chi connectivity index (χ3v) is 6.20. The molecule has 7 heteroatoms. The zero-order chi connectivity index (χ0) is 17.7. The summed E-state index contributed by atoms with van der Waals surface area (Å²) in [5, 5.41) is 1.10. The van der Waals surface area contributed by atoms with Gasteiger partial charge < -0.3 is 5.73 Å². The largest absolute Gasteiger partial charge is 0.368 e. The molecule has 1 amide bonds. The summed E-state index contributed by atoms with van der Waals surface area (Å²) in [6.07, 6.45) is 2.90. The predicted octanol–water partition coefficient (Wildman–Crippen LogP) is 3.31. The first-order valence-corrected chi connectivity index (χ1v) is 9.29. The molecule has 1 aliphatic rings. The van der Waals surface area contributed by atoms with Crippen LogP contribution in [0.1, 0.15) is 29.8 Å². The van der Waals surface area contributed by atoms with Gasteiger partial charge in [0.25, 0.3) is 5.56 Å². The molecule has 1 aliphatic carbocycles. The summed E-state index contributed by atoms with van der Waals surface area (Å²) >= 11 is 7.89. The lowest BCUT2D eigenvalue weighted by atomic mass is 10.1. The van der Waals surface area contributed by atoms with Crippen molar-refractivity contribution in [3.63, 3.8) is 0 Å². The molecular weight excluding hydrogens is 358 g/mol. The van der Waals surface area contributed by atoms with Crippen molar-refractivity contribution >= 4 is 39.1 Å². The normalized spacial score (nSPS) is 14.6. The zero-order valence-corrected chi connectivity index (χ0v) is 15.2. The van der Waals surface area contributed by atoms with Crippen LogP contribution in [0.15, 0.2) is 29.1 Å². The fourth-order valence-electron chi connectivity index (χ4n) is 3.37. The van der Waals surface area contributed by atoms with Crippen LogP contribution in [-0.2, 0) is 17.6 Å². The monoisotopic (exact) mass is 373 g/mol. The first-order valence-electron chi connectivity index (χ1n) is 8.10. The van der Waals surface area contributed by atoms with E-state index in [9.17, 15) is 9.59 Å². The number of amides is 1. The van der Waals surface area contributed by atoms with Gasteiger partial charge in [-0.2, -0.15) is 0 Å². The average molecular weight is 374 g/mol. The maximum atomic E-state index is 13.3. The Labute approximate surface area is 153 Å². The Morgan fingerprint density at radius 2 is 2.12 bits per heavy atom. The Kier molecular flexibility index (Phi) is 3.89. The number of primary amides is 1. The fourth-order valence-corrected chi connectivity index (χ4v) is 4.85. The van der Waals surface area contributed by atoms with Crippen LogP contribution in [-0.4, -0.2) is 15.5 Å². The van der Waals surface area contributed by atoms with E-state index >= 15 is 0 Å². The summed E-state index contributed by atoms with van der Waals surface area (Å²) in [7, 11) is 0. The molecule has 0 saturated carbocycles. The molecule has 25 heavy (non-hydrogen) atoms. The van der Waals surface area contributed by atoms with Gasteiger partial charge in [-0.05, 0) is 43.9 Å². The molecule has 1 atom stereocenters. The van der Waals surface area contributed by atoms with E-state index in [2.05, 4.69) is 0 Å². The van der Waals surface area contributed by atoms with Gasteiger partial charge in [0, 0.05) is 10.4 Å². The number of hydrogen-bond acceptors (Lipinski definition) is 4. The molecule has 4 rings (SSSR count). The van der Waals surface area contributed by atoms with Crippen molar-refractivity contribution in [3.8, 4) is 11.4 Å². The molecule has 0 saturated heterocycles. The second-order valence-electron chi connectivity index (χ2n) is 6.21. The first-order chi connectivity index (χ1) is 12.0. The van der Waals surface area contributed by atoms with Crippen LogP contribution >= 0.6 is 22.9 Å². The fraction of sp³-hybridized carbons (Fsp3) is 0.278. The molecule has 3 aromatic rings. The summed E-state index contributed by atoms with van der Waals surface area (Å²) in [4.78, 5) is 31.8. The van der Waals surface area contributed by atoms with E-state index < -0.39 is 11.9 Å². The number of nitrogens with zero attached hydrogens (tertiary/aromatic N) is 2. The lowest BCUT2D eigenvalue weighted by Gasteiger charge is -2.17. The second kappa shape index (κ2) is 5.97. The van der Waals surface area contributed by atoms with Gasteiger partial charge in [-0.3, -0.25) is 14.2 Å². The van der Waals surface area contributed by atoms with Crippen molar-refractivity contribution in [1.82, 2.24) is 9.55 Å². The summed E-state index contributed by atoms with van der Waals surface area (Å²) in [5.41, 5.74) is 6.97. The highest BCUT2D eigenvalue weighted by Crippen LogP contribution is 2.37. The summed E-state index contributed by atoms with van der Waals surface area (Å²) in [6.45, 7) is 1.62. The van der Waals surface area contributed by atoms with Crippen LogP contribution in [0, 0.1) is 0 Å². The van der Waals surface area contributed by atoms with E-state index in [1.54, 1.807) is 30.4 Å². The summed E-state index contributed by atoms with van der Waals surface area (Å²) in [5.74, 6) is -0.197.